The summed E-state index contributed by atoms with van der Waals surface area (Å²) in [5.41, 5.74) is -0.355. The molecule has 3 aliphatic heterocycles. The molecule has 0 amide bonds. The maximum Gasteiger partial charge on any atom is 0.234 e. The smallest absolute Gasteiger partial charge is 0.234 e. The minimum Gasteiger partial charge on any atom is -0.470 e. The lowest BCUT2D eigenvalue weighted by Gasteiger charge is -2.39. The van der Waals surface area contributed by atoms with Gasteiger partial charge < -0.3 is 20.0 Å². The van der Waals surface area contributed by atoms with E-state index in [9.17, 15) is 5.11 Å². The number of ether oxygens (including phenoxy) is 1. The van der Waals surface area contributed by atoms with E-state index in [0.717, 1.165) is 45.6 Å². The molecule has 3 rings (SSSR count). The molecule has 0 aromatic rings. The molecule has 0 aromatic carbocycles. The zero-order chi connectivity index (χ0) is 14.5. The Labute approximate surface area is 126 Å². The van der Waals surface area contributed by atoms with E-state index in [0.29, 0.717) is 12.5 Å². The number of piperidine rings is 2. The molecule has 3 heterocycles. The number of rotatable bonds is 4. The molecule has 3 aliphatic rings. The van der Waals surface area contributed by atoms with Gasteiger partial charge in [-0.25, -0.2) is 0 Å². The number of oxime groups is 1. The number of aliphatic hydroxyl groups excluding tert-OH is 1. The Bertz CT molecular complexity index is 363. The molecular formula is C15H27N3O3. The van der Waals surface area contributed by atoms with Gasteiger partial charge in [-0.05, 0) is 51.9 Å². The van der Waals surface area contributed by atoms with Crippen LogP contribution >= 0.6 is 0 Å². The van der Waals surface area contributed by atoms with E-state index in [-0.39, 0.29) is 18.1 Å². The van der Waals surface area contributed by atoms with Crippen molar-refractivity contribution in [3.05, 3.63) is 0 Å². The van der Waals surface area contributed by atoms with Crippen molar-refractivity contribution in [1.82, 2.24) is 10.2 Å². The molecule has 0 aromatic heterocycles. The minimum absolute atomic E-state index is 0.0360. The van der Waals surface area contributed by atoms with Crippen LogP contribution in [0.5, 0.6) is 0 Å². The Morgan fingerprint density at radius 1 is 1.24 bits per heavy atom. The number of hydrogen-bond acceptors (Lipinski definition) is 6. The van der Waals surface area contributed by atoms with Crippen LogP contribution in [0.15, 0.2) is 5.16 Å². The molecular weight excluding hydrogens is 270 g/mol. The summed E-state index contributed by atoms with van der Waals surface area (Å²) in [4.78, 5) is 7.87. The highest BCUT2D eigenvalue weighted by molar-refractivity contribution is 5.83. The SMILES string of the molecule is OCC1(C2=NOCC(CN3CCCCC3)O2)CCNCC1. The predicted molar refractivity (Wildman–Crippen MR) is 80.2 cm³/mol. The molecule has 6 nitrogen and oxygen atoms in total. The Morgan fingerprint density at radius 2 is 2.00 bits per heavy atom. The number of hydrogen-bond donors (Lipinski definition) is 2. The number of likely N-dealkylation sites (tertiary alicyclic amines) is 1. The lowest BCUT2D eigenvalue weighted by atomic mass is 9.79. The fraction of sp³-hybridized carbons (Fsp3) is 0.933. The molecule has 120 valence electrons. The van der Waals surface area contributed by atoms with E-state index in [1.165, 1.54) is 19.3 Å². The first-order chi connectivity index (χ1) is 10.3. The van der Waals surface area contributed by atoms with Gasteiger partial charge in [0, 0.05) is 6.54 Å². The second-order valence-corrected chi connectivity index (χ2v) is 6.48. The van der Waals surface area contributed by atoms with Crippen LogP contribution in [0.25, 0.3) is 0 Å². The van der Waals surface area contributed by atoms with Gasteiger partial charge >= 0.3 is 0 Å². The molecule has 1 unspecified atom stereocenters. The zero-order valence-electron chi connectivity index (χ0n) is 12.7. The van der Waals surface area contributed by atoms with Crippen LogP contribution in [0.1, 0.15) is 32.1 Å². The molecule has 21 heavy (non-hydrogen) atoms. The van der Waals surface area contributed by atoms with Crippen LogP contribution in [0, 0.1) is 5.41 Å². The lowest BCUT2D eigenvalue weighted by Crippen LogP contribution is -2.50. The highest BCUT2D eigenvalue weighted by atomic mass is 16.7. The summed E-state index contributed by atoms with van der Waals surface area (Å²) in [5.74, 6) is 0.611. The third-order valence-electron chi connectivity index (χ3n) is 4.91. The predicted octanol–water partition coefficient (Wildman–Crippen LogP) is 0.563. The lowest BCUT2D eigenvalue weighted by molar-refractivity contribution is -0.0296. The number of nitrogens with one attached hydrogen (secondary N) is 1. The van der Waals surface area contributed by atoms with Crippen LogP contribution < -0.4 is 5.32 Å². The molecule has 0 aliphatic carbocycles. The Kier molecular flexibility index (Phi) is 4.98. The number of nitrogens with zero attached hydrogens (tertiary/aromatic N) is 2. The molecule has 6 heteroatoms. The molecule has 2 saturated heterocycles. The Morgan fingerprint density at radius 3 is 2.71 bits per heavy atom. The standard InChI is InChI=1S/C15H27N3O3/c19-12-15(4-6-16-7-5-15)14-17-20-11-13(21-14)10-18-8-2-1-3-9-18/h13,16,19H,1-12H2. The highest BCUT2D eigenvalue weighted by Gasteiger charge is 2.42. The van der Waals surface area contributed by atoms with Crippen molar-refractivity contribution >= 4 is 5.90 Å². The quantitative estimate of drug-likeness (QED) is 0.794. The van der Waals surface area contributed by atoms with Crippen molar-refractivity contribution in [3.63, 3.8) is 0 Å². The van der Waals surface area contributed by atoms with Crippen LogP contribution in [-0.2, 0) is 9.57 Å². The van der Waals surface area contributed by atoms with Crippen molar-refractivity contribution in [1.29, 1.82) is 0 Å². The fourth-order valence-corrected chi connectivity index (χ4v) is 3.48. The molecule has 0 saturated carbocycles. The van der Waals surface area contributed by atoms with Crippen molar-refractivity contribution in [3.8, 4) is 0 Å². The topological polar surface area (TPSA) is 66.3 Å². The van der Waals surface area contributed by atoms with Crippen LogP contribution in [0.4, 0.5) is 0 Å². The van der Waals surface area contributed by atoms with Crippen LogP contribution in [0.2, 0.25) is 0 Å². The van der Waals surface area contributed by atoms with Gasteiger partial charge in [0.25, 0.3) is 0 Å². The average Bonchev–Trinajstić information content (AvgIpc) is 2.57. The first kappa shape index (κ1) is 15.1. The first-order valence-corrected chi connectivity index (χ1v) is 8.23. The summed E-state index contributed by atoms with van der Waals surface area (Å²) in [7, 11) is 0. The average molecular weight is 297 g/mol. The van der Waals surface area contributed by atoms with Gasteiger partial charge in [0.05, 0.1) is 12.0 Å². The normalized spacial score (nSPS) is 30.1. The highest BCUT2D eigenvalue weighted by Crippen LogP contribution is 2.32. The van der Waals surface area contributed by atoms with Crippen molar-refractivity contribution in [2.45, 2.75) is 38.2 Å². The van der Waals surface area contributed by atoms with E-state index < -0.39 is 0 Å². The summed E-state index contributed by atoms with van der Waals surface area (Å²) in [5, 5.41) is 17.3. The Hall–Kier alpha value is -0.850. The van der Waals surface area contributed by atoms with E-state index >= 15 is 0 Å². The van der Waals surface area contributed by atoms with E-state index in [2.05, 4.69) is 15.4 Å². The molecule has 2 fully saturated rings. The van der Waals surface area contributed by atoms with Crippen molar-refractivity contribution < 1.29 is 14.7 Å². The van der Waals surface area contributed by atoms with Gasteiger partial charge in [-0.15, -0.1) is 0 Å². The van der Waals surface area contributed by atoms with Gasteiger partial charge in [0.2, 0.25) is 5.90 Å². The maximum absolute atomic E-state index is 9.85. The third-order valence-corrected chi connectivity index (χ3v) is 4.91. The van der Waals surface area contributed by atoms with Crippen LogP contribution in [-0.4, -0.2) is 67.9 Å². The van der Waals surface area contributed by atoms with Crippen LogP contribution in [0.3, 0.4) is 0 Å². The van der Waals surface area contributed by atoms with E-state index in [1.54, 1.807) is 0 Å². The molecule has 0 radical (unpaired) electrons. The van der Waals surface area contributed by atoms with Gasteiger partial charge in [0.15, 0.2) is 6.61 Å². The second kappa shape index (κ2) is 6.94. The Balaban J connectivity index is 1.60. The van der Waals surface area contributed by atoms with Crippen molar-refractivity contribution in [2.24, 2.45) is 10.6 Å². The molecule has 2 N–H and O–H groups in total. The summed E-state index contributed by atoms with van der Waals surface area (Å²) < 4.78 is 6.12. The van der Waals surface area contributed by atoms with Gasteiger partial charge in [-0.2, -0.15) is 0 Å². The molecule has 0 bridgehead atoms. The summed E-state index contributed by atoms with van der Waals surface area (Å²) in [6, 6.07) is 0. The number of aliphatic hydroxyl groups is 1. The summed E-state index contributed by atoms with van der Waals surface area (Å²) in [6.07, 6.45) is 5.63. The molecule has 0 spiro atoms. The zero-order valence-corrected chi connectivity index (χ0v) is 12.7. The van der Waals surface area contributed by atoms with Crippen molar-refractivity contribution in [2.75, 3.05) is 45.9 Å². The van der Waals surface area contributed by atoms with E-state index in [1.807, 2.05) is 0 Å². The second-order valence-electron chi connectivity index (χ2n) is 6.48. The monoisotopic (exact) mass is 297 g/mol. The fourth-order valence-electron chi connectivity index (χ4n) is 3.48. The summed E-state index contributed by atoms with van der Waals surface area (Å²) >= 11 is 0. The maximum atomic E-state index is 9.85. The van der Waals surface area contributed by atoms with Gasteiger partial charge in [-0.1, -0.05) is 11.6 Å². The van der Waals surface area contributed by atoms with Gasteiger partial charge in [-0.3, -0.25) is 4.90 Å². The van der Waals surface area contributed by atoms with Gasteiger partial charge in [0.1, 0.15) is 6.10 Å². The van der Waals surface area contributed by atoms with E-state index in [4.69, 9.17) is 9.57 Å². The third kappa shape index (κ3) is 3.49. The summed E-state index contributed by atoms with van der Waals surface area (Å²) in [6.45, 7) is 5.58. The largest absolute Gasteiger partial charge is 0.470 e. The first-order valence-electron chi connectivity index (χ1n) is 8.23. The molecule has 1 atom stereocenters. The minimum atomic E-state index is -0.355.